The zero-order valence-corrected chi connectivity index (χ0v) is 10.8. The fourth-order valence-corrected chi connectivity index (χ4v) is 2.17. The molecule has 1 N–H and O–H groups in total. The Bertz CT molecular complexity index is 495. The van der Waals surface area contributed by atoms with Crippen LogP contribution in [0.4, 0.5) is 4.79 Å². The van der Waals surface area contributed by atoms with E-state index in [9.17, 15) is 4.79 Å². The largest absolute Gasteiger partial charge is 0.450 e. The highest BCUT2D eigenvalue weighted by molar-refractivity contribution is 7.12. The van der Waals surface area contributed by atoms with Crippen LogP contribution < -0.4 is 5.32 Å². The van der Waals surface area contributed by atoms with Crippen LogP contribution in [0.5, 0.6) is 0 Å². The molecular formula is C11H14N4O2S. The summed E-state index contributed by atoms with van der Waals surface area (Å²) in [7, 11) is 0. The second-order valence-corrected chi connectivity index (χ2v) is 4.31. The van der Waals surface area contributed by atoms with Crippen LogP contribution in [0.2, 0.25) is 0 Å². The Morgan fingerprint density at radius 3 is 3.22 bits per heavy atom. The lowest BCUT2D eigenvalue weighted by Gasteiger charge is -2.03. The summed E-state index contributed by atoms with van der Waals surface area (Å²) in [4.78, 5) is 15.5. The third-order valence-electron chi connectivity index (χ3n) is 2.17. The molecule has 2 aromatic heterocycles. The molecule has 2 heterocycles. The van der Waals surface area contributed by atoms with Gasteiger partial charge in [-0.1, -0.05) is 0 Å². The van der Waals surface area contributed by atoms with E-state index in [1.807, 2.05) is 17.6 Å². The maximum atomic E-state index is 11.1. The Hall–Kier alpha value is -1.89. The molecule has 7 heteroatoms. The number of carbonyl (C=O) groups excluding carboxylic acids is 1. The molecule has 0 spiro atoms. The third-order valence-corrected chi connectivity index (χ3v) is 3.05. The Balaban J connectivity index is 1.82. The fraction of sp³-hybridized carbons (Fsp3) is 0.364. The predicted octanol–water partition coefficient (Wildman–Crippen LogP) is 1.62. The van der Waals surface area contributed by atoms with Gasteiger partial charge >= 0.3 is 6.09 Å². The summed E-state index contributed by atoms with van der Waals surface area (Å²) in [5.41, 5.74) is 0.933. The van der Waals surface area contributed by atoms with Gasteiger partial charge in [-0.15, -0.1) is 11.3 Å². The van der Waals surface area contributed by atoms with Crippen molar-refractivity contribution in [2.45, 2.75) is 13.3 Å². The van der Waals surface area contributed by atoms with E-state index < -0.39 is 0 Å². The molecule has 96 valence electrons. The van der Waals surface area contributed by atoms with Gasteiger partial charge in [-0.05, 0) is 13.0 Å². The number of rotatable bonds is 5. The van der Waals surface area contributed by atoms with E-state index in [1.54, 1.807) is 17.8 Å². The third kappa shape index (κ3) is 3.30. The van der Waals surface area contributed by atoms with Crippen LogP contribution in [-0.2, 0) is 11.2 Å². The summed E-state index contributed by atoms with van der Waals surface area (Å²) in [6, 6.07) is 1.85. The van der Waals surface area contributed by atoms with Gasteiger partial charge in [-0.2, -0.15) is 5.10 Å². The van der Waals surface area contributed by atoms with Crippen LogP contribution in [0, 0.1) is 0 Å². The van der Waals surface area contributed by atoms with E-state index in [2.05, 4.69) is 15.4 Å². The smallest absolute Gasteiger partial charge is 0.407 e. The number of hydrogen-bond donors (Lipinski definition) is 1. The number of alkyl carbamates (subject to hydrolysis) is 1. The molecule has 1 amide bonds. The average Bonchev–Trinajstić information content (AvgIpc) is 2.99. The van der Waals surface area contributed by atoms with Crippen molar-refractivity contribution in [3.8, 4) is 5.13 Å². The van der Waals surface area contributed by atoms with Crippen LogP contribution in [0.1, 0.15) is 12.6 Å². The first-order valence-corrected chi connectivity index (χ1v) is 6.52. The van der Waals surface area contributed by atoms with Gasteiger partial charge in [0.15, 0.2) is 0 Å². The lowest BCUT2D eigenvalue weighted by atomic mass is 10.3. The number of thiazole rings is 1. The molecular weight excluding hydrogens is 252 g/mol. The Morgan fingerprint density at radius 1 is 1.61 bits per heavy atom. The van der Waals surface area contributed by atoms with Crippen LogP contribution in [0.15, 0.2) is 23.8 Å². The number of carbonyl (C=O) groups is 1. The molecule has 2 aromatic rings. The van der Waals surface area contributed by atoms with E-state index in [1.165, 1.54) is 11.3 Å². The highest BCUT2D eigenvalue weighted by atomic mass is 32.1. The minimum absolute atomic E-state index is 0.381. The minimum Gasteiger partial charge on any atom is -0.450 e. The molecule has 0 fully saturated rings. The van der Waals surface area contributed by atoms with Gasteiger partial charge in [-0.25, -0.2) is 14.5 Å². The molecule has 2 rings (SSSR count). The topological polar surface area (TPSA) is 69.0 Å². The van der Waals surface area contributed by atoms with Crippen molar-refractivity contribution < 1.29 is 9.53 Å². The number of hydrogen-bond acceptors (Lipinski definition) is 5. The lowest BCUT2D eigenvalue weighted by molar-refractivity contribution is 0.152. The van der Waals surface area contributed by atoms with E-state index >= 15 is 0 Å². The first kappa shape index (κ1) is 12.6. The summed E-state index contributed by atoms with van der Waals surface area (Å²) in [6.07, 6.45) is 3.85. The monoisotopic (exact) mass is 266 g/mol. The predicted molar refractivity (Wildman–Crippen MR) is 68.0 cm³/mol. The molecule has 0 aliphatic rings. The summed E-state index contributed by atoms with van der Waals surface area (Å²) in [5.74, 6) is 0. The van der Waals surface area contributed by atoms with Gasteiger partial charge in [0.2, 0.25) is 5.13 Å². The van der Waals surface area contributed by atoms with Crippen molar-refractivity contribution in [3.05, 3.63) is 29.5 Å². The Labute approximate surface area is 109 Å². The Kier molecular flexibility index (Phi) is 4.30. The number of amides is 1. The highest BCUT2D eigenvalue weighted by Gasteiger charge is 2.05. The first-order valence-electron chi connectivity index (χ1n) is 5.64. The maximum Gasteiger partial charge on any atom is 0.407 e. The fourth-order valence-electron chi connectivity index (χ4n) is 1.37. The minimum atomic E-state index is -0.389. The van der Waals surface area contributed by atoms with Crippen LogP contribution in [0.3, 0.4) is 0 Å². The Morgan fingerprint density at radius 2 is 2.50 bits per heavy atom. The van der Waals surface area contributed by atoms with Gasteiger partial charge in [0.05, 0.1) is 12.3 Å². The standard InChI is InChI=1S/C11H14N4O2S/c1-2-17-11(16)12-6-4-9-8-18-10(14-9)15-7-3-5-13-15/h3,5,7-8H,2,4,6H2,1H3,(H,12,16). The van der Waals surface area contributed by atoms with E-state index in [4.69, 9.17) is 4.74 Å². The molecule has 0 atom stereocenters. The highest BCUT2D eigenvalue weighted by Crippen LogP contribution is 2.13. The molecule has 0 unspecified atom stereocenters. The summed E-state index contributed by atoms with van der Waals surface area (Å²) >= 11 is 1.52. The van der Waals surface area contributed by atoms with Gasteiger partial charge in [0.25, 0.3) is 0 Å². The van der Waals surface area contributed by atoms with E-state index in [-0.39, 0.29) is 6.09 Å². The van der Waals surface area contributed by atoms with Crippen molar-refractivity contribution >= 4 is 17.4 Å². The molecule has 0 aliphatic heterocycles. The molecule has 18 heavy (non-hydrogen) atoms. The van der Waals surface area contributed by atoms with Crippen molar-refractivity contribution in [2.75, 3.05) is 13.2 Å². The number of ether oxygens (including phenoxy) is 1. The number of nitrogens with one attached hydrogen (secondary N) is 1. The lowest BCUT2D eigenvalue weighted by Crippen LogP contribution is -2.26. The molecule has 0 aliphatic carbocycles. The molecule has 0 radical (unpaired) electrons. The van der Waals surface area contributed by atoms with Crippen LogP contribution in [0.25, 0.3) is 5.13 Å². The van der Waals surface area contributed by atoms with Crippen LogP contribution >= 0.6 is 11.3 Å². The van der Waals surface area contributed by atoms with Crippen molar-refractivity contribution in [1.29, 1.82) is 0 Å². The summed E-state index contributed by atoms with van der Waals surface area (Å²) < 4.78 is 6.48. The quantitative estimate of drug-likeness (QED) is 0.892. The zero-order valence-electron chi connectivity index (χ0n) is 10.00. The second kappa shape index (κ2) is 6.15. The number of aromatic nitrogens is 3. The number of nitrogens with zero attached hydrogens (tertiary/aromatic N) is 3. The van der Waals surface area contributed by atoms with Gasteiger partial charge in [-0.3, -0.25) is 0 Å². The molecule has 6 nitrogen and oxygen atoms in total. The molecule has 0 saturated carbocycles. The van der Waals surface area contributed by atoms with Crippen molar-refractivity contribution in [1.82, 2.24) is 20.1 Å². The van der Waals surface area contributed by atoms with Gasteiger partial charge in [0, 0.05) is 30.7 Å². The van der Waals surface area contributed by atoms with Gasteiger partial charge in [0.1, 0.15) is 0 Å². The molecule has 0 bridgehead atoms. The van der Waals surface area contributed by atoms with Crippen molar-refractivity contribution in [3.63, 3.8) is 0 Å². The average molecular weight is 266 g/mol. The second-order valence-electron chi connectivity index (χ2n) is 3.47. The van der Waals surface area contributed by atoms with E-state index in [0.717, 1.165) is 10.8 Å². The maximum absolute atomic E-state index is 11.1. The van der Waals surface area contributed by atoms with Crippen LogP contribution in [-0.4, -0.2) is 34.0 Å². The SMILES string of the molecule is CCOC(=O)NCCc1csc(-n2cccn2)n1. The molecule has 0 saturated heterocycles. The van der Waals surface area contributed by atoms with Gasteiger partial charge < -0.3 is 10.1 Å². The zero-order chi connectivity index (χ0) is 12.8. The summed E-state index contributed by atoms with van der Waals surface area (Å²) in [5, 5.41) is 9.55. The van der Waals surface area contributed by atoms with Crippen molar-refractivity contribution in [2.24, 2.45) is 0 Å². The molecule has 0 aromatic carbocycles. The summed E-state index contributed by atoms with van der Waals surface area (Å²) in [6.45, 7) is 2.67. The normalized spacial score (nSPS) is 10.3. The first-order chi connectivity index (χ1) is 8.79. The van der Waals surface area contributed by atoms with E-state index in [0.29, 0.717) is 19.6 Å².